The van der Waals surface area contributed by atoms with E-state index in [1.807, 2.05) is 0 Å². The third kappa shape index (κ3) is 3.41. The number of aromatic carboxylic acids is 1. The van der Waals surface area contributed by atoms with Crippen LogP contribution in [0.5, 0.6) is 5.75 Å². The summed E-state index contributed by atoms with van der Waals surface area (Å²) >= 11 is 0. The van der Waals surface area contributed by atoms with Crippen LogP contribution in [0.4, 0.5) is 4.39 Å². The van der Waals surface area contributed by atoms with Gasteiger partial charge < -0.3 is 9.84 Å². The highest BCUT2D eigenvalue weighted by Crippen LogP contribution is 2.31. The van der Waals surface area contributed by atoms with Crippen LogP contribution in [0.25, 0.3) is 11.3 Å². The first-order chi connectivity index (χ1) is 11.6. The fourth-order valence-electron chi connectivity index (χ4n) is 2.37. The third-order valence-electron chi connectivity index (χ3n) is 3.46. The largest absolute Gasteiger partial charge is 0.488 e. The van der Waals surface area contributed by atoms with E-state index in [4.69, 9.17) is 4.74 Å². The second kappa shape index (κ2) is 6.91. The van der Waals surface area contributed by atoms with Gasteiger partial charge in [0.1, 0.15) is 18.2 Å². The number of aromatic nitrogens is 1. The Morgan fingerprint density at radius 3 is 2.71 bits per heavy atom. The summed E-state index contributed by atoms with van der Waals surface area (Å²) in [6.07, 6.45) is 1.53. The minimum atomic E-state index is -1.06. The zero-order valence-corrected chi connectivity index (χ0v) is 12.6. The van der Waals surface area contributed by atoms with Crippen molar-refractivity contribution in [1.29, 1.82) is 0 Å². The van der Waals surface area contributed by atoms with Gasteiger partial charge in [0.2, 0.25) is 0 Å². The molecule has 0 radical (unpaired) electrons. The van der Waals surface area contributed by atoms with Gasteiger partial charge in [-0.05, 0) is 42.0 Å². The normalized spacial score (nSPS) is 10.4. The summed E-state index contributed by atoms with van der Waals surface area (Å²) in [4.78, 5) is 15.6. The highest BCUT2D eigenvalue weighted by molar-refractivity contribution is 5.95. The molecule has 24 heavy (non-hydrogen) atoms. The Kier molecular flexibility index (Phi) is 4.52. The van der Waals surface area contributed by atoms with Crippen LogP contribution in [0.2, 0.25) is 0 Å². The lowest BCUT2D eigenvalue weighted by Gasteiger charge is -2.12. The lowest BCUT2D eigenvalue weighted by molar-refractivity contribution is 0.0697. The van der Waals surface area contributed by atoms with Crippen LogP contribution in [0.1, 0.15) is 15.9 Å². The number of rotatable bonds is 5. The molecule has 0 saturated heterocycles. The number of halogens is 1. The van der Waals surface area contributed by atoms with Crippen molar-refractivity contribution in [1.82, 2.24) is 4.98 Å². The molecule has 5 heteroatoms. The van der Waals surface area contributed by atoms with Crippen molar-refractivity contribution in [3.05, 3.63) is 83.8 Å². The van der Waals surface area contributed by atoms with Gasteiger partial charge in [-0.3, -0.25) is 4.98 Å². The number of nitrogens with zero attached hydrogens (tertiary/aromatic N) is 1. The topological polar surface area (TPSA) is 59.4 Å². The third-order valence-corrected chi connectivity index (χ3v) is 3.46. The van der Waals surface area contributed by atoms with Crippen molar-refractivity contribution in [2.45, 2.75) is 6.61 Å². The molecule has 0 aliphatic rings. The number of ether oxygens (including phenoxy) is 1. The summed E-state index contributed by atoms with van der Waals surface area (Å²) in [6, 6.07) is 16.2. The van der Waals surface area contributed by atoms with Crippen molar-refractivity contribution < 1.29 is 19.0 Å². The summed E-state index contributed by atoms with van der Waals surface area (Å²) < 4.78 is 19.0. The molecule has 1 N–H and O–H groups in total. The van der Waals surface area contributed by atoms with Gasteiger partial charge in [-0.1, -0.05) is 24.3 Å². The SMILES string of the molecule is O=C(O)c1cccnc1-c1ccccc1OCc1cccc(F)c1. The Morgan fingerprint density at radius 2 is 1.92 bits per heavy atom. The molecule has 120 valence electrons. The Labute approximate surface area is 138 Å². The molecular formula is C19H14FNO3. The Morgan fingerprint density at radius 1 is 1.08 bits per heavy atom. The molecule has 1 aromatic heterocycles. The number of carbonyl (C=O) groups is 1. The average molecular weight is 323 g/mol. The summed E-state index contributed by atoms with van der Waals surface area (Å²) in [7, 11) is 0. The quantitative estimate of drug-likeness (QED) is 0.766. The Hall–Kier alpha value is -3.21. The van der Waals surface area contributed by atoms with Crippen molar-refractivity contribution in [3.8, 4) is 17.0 Å². The lowest BCUT2D eigenvalue weighted by Crippen LogP contribution is -2.03. The first-order valence-electron chi connectivity index (χ1n) is 7.30. The monoisotopic (exact) mass is 323 g/mol. The molecule has 0 aliphatic carbocycles. The first-order valence-corrected chi connectivity index (χ1v) is 7.30. The van der Waals surface area contributed by atoms with E-state index < -0.39 is 5.97 Å². The maximum Gasteiger partial charge on any atom is 0.337 e. The molecule has 0 atom stereocenters. The van der Waals surface area contributed by atoms with Gasteiger partial charge in [0.05, 0.1) is 11.3 Å². The van der Waals surface area contributed by atoms with Crippen molar-refractivity contribution in [3.63, 3.8) is 0 Å². The molecule has 0 unspecified atom stereocenters. The van der Waals surface area contributed by atoms with Gasteiger partial charge in [0.25, 0.3) is 0 Å². The van der Waals surface area contributed by atoms with E-state index in [0.717, 1.165) is 0 Å². The molecule has 0 aliphatic heterocycles. The number of hydrogen-bond acceptors (Lipinski definition) is 3. The lowest BCUT2D eigenvalue weighted by atomic mass is 10.0. The molecule has 2 aromatic carbocycles. The molecule has 1 heterocycles. The summed E-state index contributed by atoms with van der Waals surface area (Å²) in [5.41, 5.74) is 1.69. The Bertz CT molecular complexity index is 880. The summed E-state index contributed by atoms with van der Waals surface area (Å²) in [6.45, 7) is 0.171. The maximum atomic E-state index is 13.2. The average Bonchev–Trinajstić information content (AvgIpc) is 2.60. The highest BCUT2D eigenvalue weighted by Gasteiger charge is 2.16. The number of benzene rings is 2. The second-order valence-corrected chi connectivity index (χ2v) is 5.12. The van der Waals surface area contributed by atoms with E-state index in [0.29, 0.717) is 22.6 Å². The number of pyridine rings is 1. The van der Waals surface area contributed by atoms with E-state index in [9.17, 15) is 14.3 Å². The van der Waals surface area contributed by atoms with Gasteiger partial charge >= 0.3 is 5.97 Å². The van der Waals surface area contributed by atoms with Crippen molar-refractivity contribution >= 4 is 5.97 Å². The van der Waals surface area contributed by atoms with Crippen LogP contribution >= 0.6 is 0 Å². The summed E-state index contributed by atoms with van der Waals surface area (Å²) in [5, 5.41) is 9.33. The molecule has 0 spiro atoms. The van der Waals surface area contributed by atoms with Gasteiger partial charge in [-0.2, -0.15) is 0 Å². The van der Waals surface area contributed by atoms with Crippen LogP contribution in [0, 0.1) is 5.82 Å². The van der Waals surface area contributed by atoms with E-state index in [-0.39, 0.29) is 18.0 Å². The molecule has 3 rings (SSSR count). The maximum absolute atomic E-state index is 13.2. The van der Waals surface area contributed by atoms with Crippen molar-refractivity contribution in [2.24, 2.45) is 0 Å². The van der Waals surface area contributed by atoms with Crippen LogP contribution in [-0.2, 0) is 6.61 Å². The highest BCUT2D eigenvalue weighted by atomic mass is 19.1. The molecule has 0 saturated carbocycles. The number of para-hydroxylation sites is 1. The smallest absolute Gasteiger partial charge is 0.337 e. The van der Waals surface area contributed by atoms with Crippen LogP contribution in [0.15, 0.2) is 66.9 Å². The van der Waals surface area contributed by atoms with Crippen LogP contribution in [0.3, 0.4) is 0 Å². The molecule has 0 amide bonds. The van der Waals surface area contributed by atoms with E-state index in [1.165, 1.54) is 24.4 Å². The second-order valence-electron chi connectivity index (χ2n) is 5.12. The van der Waals surface area contributed by atoms with Gasteiger partial charge in [-0.25, -0.2) is 9.18 Å². The molecule has 0 fully saturated rings. The van der Waals surface area contributed by atoms with Crippen LogP contribution in [-0.4, -0.2) is 16.1 Å². The molecule has 0 bridgehead atoms. The van der Waals surface area contributed by atoms with Gasteiger partial charge in [0, 0.05) is 11.8 Å². The minimum absolute atomic E-state index is 0.0966. The van der Waals surface area contributed by atoms with E-state index >= 15 is 0 Å². The minimum Gasteiger partial charge on any atom is -0.488 e. The van der Waals surface area contributed by atoms with E-state index in [1.54, 1.807) is 42.5 Å². The standard InChI is InChI=1S/C19H14FNO3/c20-14-6-3-5-13(11-14)12-24-17-9-2-1-7-15(17)18-16(19(22)23)8-4-10-21-18/h1-11H,12H2,(H,22,23). The summed E-state index contributed by atoms with van der Waals surface area (Å²) in [5.74, 6) is -0.900. The number of carboxylic acids is 1. The molecular weight excluding hydrogens is 309 g/mol. The molecule has 4 nitrogen and oxygen atoms in total. The fraction of sp³-hybridized carbons (Fsp3) is 0.0526. The zero-order chi connectivity index (χ0) is 16.9. The first kappa shape index (κ1) is 15.7. The molecule has 3 aromatic rings. The zero-order valence-electron chi connectivity index (χ0n) is 12.6. The van der Waals surface area contributed by atoms with Gasteiger partial charge in [-0.15, -0.1) is 0 Å². The predicted octanol–water partition coefficient (Wildman–Crippen LogP) is 4.16. The van der Waals surface area contributed by atoms with Gasteiger partial charge in [0.15, 0.2) is 0 Å². The van der Waals surface area contributed by atoms with E-state index in [2.05, 4.69) is 4.98 Å². The van der Waals surface area contributed by atoms with Crippen LogP contribution < -0.4 is 4.74 Å². The fourth-order valence-corrected chi connectivity index (χ4v) is 2.37. The van der Waals surface area contributed by atoms with Crippen molar-refractivity contribution in [2.75, 3.05) is 0 Å². The Balaban J connectivity index is 1.93. The number of hydrogen-bond donors (Lipinski definition) is 1. The predicted molar refractivity (Wildman–Crippen MR) is 87.4 cm³/mol. The number of carboxylic acid groups (broad SMARTS) is 1.